The minimum atomic E-state index is -3.66. The van der Waals surface area contributed by atoms with Crippen molar-refractivity contribution in [1.82, 2.24) is 14.1 Å². The first kappa shape index (κ1) is 22.7. The highest BCUT2D eigenvalue weighted by atomic mass is 32.2. The number of carbonyl (C=O) groups is 3. The first-order valence-electron chi connectivity index (χ1n) is 11.6. The van der Waals surface area contributed by atoms with Gasteiger partial charge in [-0.3, -0.25) is 19.3 Å². The Hall–Kier alpha value is -3.04. The zero-order valence-corrected chi connectivity index (χ0v) is 19.6. The summed E-state index contributed by atoms with van der Waals surface area (Å²) < 4.78 is 27.7. The highest BCUT2D eigenvalue weighted by molar-refractivity contribution is 7.89. The largest absolute Gasteiger partial charge is 0.340 e. The summed E-state index contributed by atoms with van der Waals surface area (Å²) in [6, 6.07) is 12.7. The summed E-state index contributed by atoms with van der Waals surface area (Å²) in [7, 11) is -3.66. The number of benzene rings is 2. The molecule has 2 saturated heterocycles. The topological polar surface area (TPSA) is 95.1 Å². The molecule has 2 aromatic rings. The number of allylic oxidation sites excluding steroid dienone is 2. The second-order valence-electron chi connectivity index (χ2n) is 9.03. The van der Waals surface area contributed by atoms with Crippen LogP contribution in [0.3, 0.4) is 0 Å². The van der Waals surface area contributed by atoms with Crippen LogP contribution in [0.5, 0.6) is 0 Å². The van der Waals surface area contributed by atoms with Crippen LogP contribution in [0.4, 0.5) is 0 Å². The van der Waals surface area contributed by atoms with E-state index in [1.54, 1.807) is 23.1 Å². The number of carbonyl (C=O) groups excluding carboxylic acids is 3. The van der Waals surface area contributed by atoms with Crippen molar-refractivity contribution in [3.05, 3.63) is 54.6 Å². The van der Waals surface area contributed by atoms with Crippen LogP contribution in [-0.4, -0.2) is 73.0 Å². The fourth-order valence-electron chi connectivity index (χ4n) is 5.11. The Morgan fingerprint density at radius 3 is 2.12 bits per heavy atom. The lowest BCUT2D eigenvalue weighted by atomic mass is 9.85. The number of sulfonamides is 1. The Kier molecular flexibility index (Phi) is 5.99. The highest BCUT2D eigenvalue weighted by Gasteiger charge is 2.47. The lowest BCUT2D eigenvalue weighted by molar-refractivity contribution is -0.141. The van der Waals surface area contributed by atoms with E-state index in [1.165, 1.54) is 9.21 Å². The number of hydrogen-bond donors (Lipinski definition) is 0. The van der Waals surface area contributed by atoms with Gasteiger partial charge in [0.15, 0.2) is 0 Å². The van der Waals surface area contributed by atoms with Gasteiger partial charge >= 0.3 is 0 Å². The third kappa shape index (κ3) is 4.03. The Morgan fingerprint density at radius 1 is 0.853 bits per heavy atom. The predicted molar refractivity (Wildman–Crippen MR) is 126 cm³/mol. The van der Waals surface area contributed by atoms with Crippen molar-refractivity contribution in [3.8, 4) is 0 Å². The van der Waals surface area contributed by atoms with Crippen LogP contribution in [0.25, 0.3) is 10.8 Å². The zero-order valence-electron chi connectivity index (χ0n) is 18.8. The van der Waals surface area contributed by atoms with Crippen molar-refractivity contribution in [2.75, 3.05) is 32.7 Å². The van der Waals surface area contributed by atoms with E-state index in [0.29, 0.717) is 12.8 Å². The minimum Gasteiger partial charge on any atom is -0.340 e. The van der Waals surface area contributed by atoms with E-state index < -0.39 is 10.0 Å². The molecule has 0 saturated carbocycles. The maximum atomic E-state index is 13.1. The van der Waals surface area contributed by atoms with E-state index in [1.807, 2.05) is 36.4 Å². The quantitative estimate of drug-likeness (QED) is 0.481. The number of fused-ring (bicyclic) bond motifs is 2. The maximum Gasteiger partial charge on any atom is 0.243 e. The normalized spacial score (nSPS) is 23.5. The summed E-state index contributed by atoms with van der Waals surface area (Å²) in [5.74, 6) is -1.12. The highest BCUT2D eigenvalue weighted by Crippen LogP contribution is 2.35. The molecule has 0 N–H and O–H groups in total. The average Bonchev–Trinajstić information content (AvgIpc) is 3.11. The fraction of sp³-hybridized carbons (Fsp3) is 0.400. The Morgan fingerprint density at radius 2 is 1.47 bits per heavy atom. The molecule has 3 aliphatic rings. The number of piperazine rings is 1. The summed E-state index contributed by atoms with van der Waals surface area (Å²) in [4.78, 5) is 41.0. The van der Waals surface area contributed by atoms with Crippen molar-refractivity contribution in [3.63, 3.8) is 0 Å². The summed E-state index contributed by atoms with van der Waals surface area (Å²) in [5.41, 5.74) is 0. The van der Waals surface area contributed by atoms with Crippen LogP contribution in [0, 0.1) is 11.8 Å². The Balaban J connectivity index is 1.17. The standard InChI is InChI=1S/C25H27N3O5S/c29-23(11-12-28-24(30)21-7-3-4-8-22(21)25(28)31)26-13-15-27(16-14-26)34(32,33)20-10-9-18-5-1-2-6-19(18)17-20/h1-6,9-10,17,21-22H,7-8,11-16H2/t21-,22-/m0/s1. The van der Waals surface area contributed by atoms with Crippen LogP contribution in [0.1, 0.15) is 19.3 Å². The number of hydrogen-bond acceptors (Lipinski definition) is 5. The van der Waals surface area contributed by atoms with Crippen LogP contribution >= 0.6 is 0 Å². The van der Waals surface area contributed by atoms with Crippen molar-refractivity contribution in [2.45, 2.75) is 24.2 Å². The molecule has 8 nitrogen and oxygen atoms in total. The summed E-state index contributed by atoms with van der Waals surface area (Å²) in [5, 5.41) is 1.83. The lowest BCUT2D eigenvalue weighted by Gasteiger charge is -2.34. The molecule has 0 bridgehead atoms. The summed E-state index contributed by atoms with van der Waals surface area (Å²) >= 11 is 0. The smallest absolute Gasteiger partial charge is 0.243 e. The van der Waals surface area contributed by atoms with E-state index in [2.05, 4.69) is 0 Å². The van der Waals surface area contributed by atoms with E-state index in [-0.39, 0.29) is 73.6 Å². The predicted octanol–water partition coefficient (Wildman–Crippen LogP) is 2.01. The molecule has 2 atom stereocenters. The van der Waals surface area contributed by atoms with Crippen LogP contribution in [0.15, 0.2) is 59.5 Å². The Labute approximate surface area is 198 Å². The minimum absolute atomic E-state index is 0.0573. The second-order valence-corrected chi connectivity index (χ2v) is 11.0. The molecule has 34 heavy (non-hydrogen) atoms. The van der Waals surface area contributed by atoms with Gasteiger partial charge in [0.2, 0.25) is 27.7 Å². The molecule has 178 valence electrons. The van der Waals surface area contributed by atoms with Crippen molar-refractivity contribution < 1.29 is 22.8 Å². The molecule has 2 heterocycles. The Bertz CT molecular complexity index is 1250. The molecule has 5 rings (SSSR count). The van der Waals surface area contributed by atoms with E-state index in [0.717, 1.165) is 10.8 Å². The van der Waals surface area contributed by atoms with Gasteiger partial charge in [-0.25, -0.2) is 8.42 Å². The fourth-order valence-corrected chi connectivity index (χ4v) is 6.57. The molecular weight excluding hydrogens is 454 g/mol. The molecule has 0 aromatic heterocycles. The van der Waals surface area contributed by atoms with Gasteiger partial charge in [-0.15, -0.1) is 0 Å². The first-order valence-corrected chi connectivity index (χ1v) is 13.1. The van der Waals surface area contributed by atoms with Crippen LogP contribution < -0.4 is 0 Å². The first-order chi connectivity index (χ1) is 16.4. The van der Waals surface area contributed by atoms with Gasteiger partial charge in [-0.05, 0) is 35.7 Å². The van der Waals surface area contributed by atoms with Crippen molar-refractivity contribution in [2.24, 2.45) is 11.8 Å². The second kappa shape index (κ2) is 8.96. The molecular formula is C25H27N3O5S. The molecule has 0 unspecified atom stereocenters. The van der Waals surface area contributed by atoms with Gasteiger partial charge in [0, 0.05) is 39.1 Å². The molecule has 2 aliphatic heterocycles. The number of imide groups is 1. The number of nitrogens with zero attached hydrogens (tertiary/aromatic N) is 3. The van der Waals surface area contributed by atoms with Gasteiger partial charge in [0.25, 0.3) is 0 Å². The van der Waals surface area contributed by atoms with E-state index in [9.17, 15) is 22.8 Å². The number of likely N-dealkylation sites (tertiary alicyclic amines) is 1. The molecule has 0 radical (unpaired) electrons. The molecule has 2 fully saturated rings. The monoisotopic (exact) mass is 481 g/mol. The van der Waals surface area contributed by atoms with Crippen LogP contribution in [0.2, 0.25) is 0 Å². The van der Waals surface area contributed by atoms with Gasteiger partial charge in [-0.2, -0.15) is 4.31 Å². The number of amides is 3. The van der Waals surface area contributed by atoms with Gasteiger partial charge in [0.1, 0.15) is 0 Å². The van der Waals surface area contributed by atoms with Gasteiger partial charge < -0.3 is 4.90 Å². The maximum absolute atomic E-state index is 13.1. The lowest BCUT2D eigenvalue weighted by Crippen LogP contribution is -2.51. The molecule has 9 heteroatoms. The third-order valence-electron chi connectivity index (χ3n) is 7.10. The average molecular weight is 482 g/mol. The molecule has 0 spiro atoms. The SMILES string of the molecule is O=C(CCN1C(=O)[C@H]2CC=CC[C@@H]2C1=O)N1CCN(S(=O)(=O)c2ccc3ccccc3c2)CC1. The van der Waals surface area contributed by atoms with Crippen LogP contribution in [-0.2, 0) is 24.4 Å². The van der Waals surface area contributed by atoms with Crippen molar-refractivity contribution >= 4 is 38.5 Å². The van der Waals surface area contributed by atoms with Gasteiger partial charge in [-0.1, -0.05) is 42.5 Å². The van der Waals surface area contributed by atoms with Crippen molar-refractivity contribution in [1.29, 1.82) is 0 Å². The van der Waals surface area contributed by atoms with E-state index in [4.69, 9.17) is 0 Å². The summed E-state index contributed by atoms with van der Waals surface area (Å²) in [6.07, 6.45) is 5.08. The third-order valence-corrected chi connectivity index (χ3v) is 8.99. The molecule has 2 aromatic carbocycles. The summed E-state index contributed by atoms with van der Waals surface area (Å²) in [6.45, 7) is 1.06. The number of rotatable bonds is 5. The van der Waals surface area contributed by atoms with Gasteiger partial charge in [0.05, 0.1) is 16.7 Å². The molecule has 3 amide bonds. The zero-order chi connectivity index (χ0) is 23.9. The molecule has 1 aliphatic carbocycles. The van der Waals surface area contributed by atoms with E-state index >= 15 is 0 Å².